The number of benzene rings is 2. The molecule has 1 aliphatic rings. The fourth-order valence-electron chi connectivity index (χ4n) is 3.35. The summed E-state index contributed by atoms with van der Waals surface area (Å²) in [5.41, 5.74) is 4.44. The number of hydrogen-bond acceptors (Lipinski definition) is 5. The number of hydrogen-bond donors (Lipinski definition) is 0. The zero-order valence-corrected chi connectivity index (χ0v) is 15.6. The minimum Gasteiger partial charge on any atom is -0.493 e. The van der Waals surface area contributed by atoms with Gasteiger partial charge in [-0.15, -0.1) is 0 Å². The summed E-state index contributed by atoms with van der Waals surface area (Å²) in [6.07, 6.45) is 1.96. The highest BCUT2D eigenvalue weighted by Crippen LogP contribution is 2.33. The Hall–Kier alpha value is -2.53. The molecule has 0 atom stereocenters. The van der Waals surface area contributed by atoms with E-state index >= 15 is 0 Å². The summed E-state index contributed by atoms with van der Waals surface area (Å²) in [5.74, 6) is 1.28. The molecule has 5 nitrogen and oxygen atoms in total. The zero-order valence-electron chi connectivity index (χ0n) is 15.6. The third-order valence-corrected chi connectivity index (χ3v) is 4.89. The second-order valence-electron chi connectivity index (χ2n) is 6.44. The number of carbonyl (C=O) groups excluding carboxylic acids is 1. The number of nitrogens with zero attached hydrogens (tertiary/aromatic N) is 1. The van der Waals surface area contributed by atoms with Crippen molar-refractivity contribution in [2.24, 2.45) is 0 Å². The van der Waals surface area contributed by atoms with Gasteiger partial charge in [-0.3, -0.25) is 4.90 Å². The van der Waals surface area contributed by atoms with Crippen LogP contribution in [0.1, 0.15) is 27.0 Å². The fourth-order valence-corrected chi connectivity index (χ4v) is 3.35. The van der Waals surface area contributed by atoms with E-state index in [0.29, 0.717) is 5.56 Å². The van der Waals surface area contributed by atoms with Crippen molar-refractivity contribution in [3.8, 4) is 11.5 Å². The molecule has 0 aliphatic carbocycles. The highest BCUT2D eigenvalue weighted by atomic mass is 16.5. The molecule has 5 heteroatoms. The van der Waals surface area contributed by atoms with Crippen molar-refractivity contribution in [1.29, 1.82) is 0 Å². The molecule has 0 saturated heterocycles. The Balaban J connectivity index is 1.62. The first-order valence-corrected chi connectivity index (χ1v) is 8.78. The summed E-state index contributed by atoms with van der Waals surface area (Å²) in [7, 11) is 4.74. The predicted molar refractivity (Wildman–Crippen MR) is 100 cm³/mol. The van der Waals surface area contributed by atoms with Crippen molar-refractivity contribution >= 4 is 5.97 Å². The maximum Gasteiger partial charge on any atom is 0.337 e. The SMILES string of the molecule is COC(=O)c1ccc(CCN2CCc3cc(OC)c(OC)cc3C2)cc1. The van der Waals surface area contributed by atoms with Gasteiger partial charge in [0.1, 0.15) is 0 Å². The molecular weight excluding hydrogens is 330 g/mol. The van der Waals surface area contributed by atoms with Crippen LogP contribution in [-0.4, -0.2) is 45.3 Å². The van der Waals surface area contributed by atoms with E-state index in [-0.39, 0.29) is 5.97 Å². The minimum atomic E-state index is -0.298. The molecule has 0 N–H and O–H groups in total. The van der Waals surface area contributed by atoms with Crippen LogP contribution < -0.4 is 9.47 Å². The lowest BCUT2D eigenvalue weighted by Crippen LogP contribution is -2.32. The molecule has 0 fully saturated rings. The van der Waals surface area contributed by atoms with Crippen molar-refractivity contribution in [3.63, 3.8) is 0 Å². The van der Waals surface area contributed by atoms with Crippen LogP contribution in [0.2, 0.25) is 0 Å². The molecule has 1 heterocycles. The van der Waals surface area contributed by atoms with Crippen molar-refractivity contribution < 1.29 is 19.0 Å². The van der Waals surface area contributed by atoms with Gasteiger partial charge in [0.05, 0.1) is 26.9 Å². The van der Waals surface area contributed by atoms with Crippen LogP contribution in [0.5, 0.6) is 11.5 Å². The third-order valence-electron chi connectivity index (χ3n) is 4.89. The van der Waals surface area contributed by atoms with Gasteiger partial charge >= 0.3 is 5.97 Å². The normalized spacial score (nSPS) is 13.8. The van der Waals surface area contributed by atoms with Crippen LogP contribution in [0.4, 0.5) is 0 Å². The van der Waals surface area contributed by atoms with Gasteiger partial charge in [0.15, 0.2) is 11.5 Å². The average molecular weight is 355 g/mol. The van der Waals surface area contributed by atoms with E-state index in [2.05, 4.69) is 17.0 Å². The summed E-state index contributed by atoms with van der Waals surface area (Å²) in [6.45, 7) is 2.92. The second-order valence-corrected chi connectivity index (χ2v) is 6.44. The number of rotatable bonds is 6. The van der Waals surface area contributed by atoms with E-state index in [1.807, 2.05) is 24.3 Å². The Morgan fingerprint density at radius 2 is 1.65 bits per heavy atom. The van der Waals surface area contributed by atoms with Gasteiger partial charge in [-0.05, 0) is 53.8 Å². The lowest BCUT2D eigenvalue weighted by atomic mass is 9.98. The van der Waals surface area contributed by atoms with Crippen molar-refractivity contribution in [2.45, 2.75) is 19.4 Å². The first kappa shape index (κ1) is 18.3. The monoisotopic (exact) mass is 355 g/mol. The molecular formula is C21H25NO4. The van der Waals surface area contributed by atoms with Crippen LogP contribution in [-0.2, 0) is 24.1 Å². The topological polar surface area (TPSA) is 48.0 Å². The quantitative estimate of drug-likeness (QED) is 0.745. The standard InChI is InChI=1S/C21H25NO4/c1-24-19-12-17-9-11-22(14-18(17)13-20(19)25-2)10-8-15-4-6-16(7-5-15)21(23)26-3/h4-7,12-13H,8-11,14H2,1-3H3. The van der Waals surface area contributed by atoms with Gasteiger partial charge in [0.25, 0.3) is 0 Å². The van der Waals surface area contributed by atoms with Crippen LogP contribution in [0.15, 0.2) is 36.4 Å². The molecule has 0 aromatic heterocycles. The number of methoxy groups -OCH3 is 3. The fraction of sp³-hybridized carbons (Fsp3) is 0.381. The van der Waals surface area contributed by atoms with Gasteiger partial charge in [0, 0.05) is 19.6 Å². The molecule has 0 unspecified atom stereocenters. The molecule has 0 spiro atoms. The Morgan fingerprint density at radius 1 is 1.00 bits per heavy atom. The van der Waals surface area contributed by atoms with Crippen LogP contribution >= 0.6 is 0 Å². The van der Waals surface area contributed by atoms with Gasteiger partial charge in [-0.25, -0.2) is 4.79 Å². The molecule has 138 valence electrons. The lowest BCUT2D eigenvalue weighted by molar-refractivity contribution is 0.0600. The highest BCUT2D eigenvalue weighted by Gasteiger charge is 2.19. The third kappa shape index (κ3) is 3.99. The van der Waals surface area contributed by atoms with Crippen molar-refractivity contribution in [1.82, 2.24) is 4.90 Å². The number of esters is 1. The zero-order chi connectivity index (χ0) is 18.5. The summed E-state index contributed by atoms with van der Waals surface area (Å²) in [6, 6.07) is 11.8. The largest absolute Gasteiger partial charge is 0.493 e. The average Bonchev–Trinajstić information content (AvgIpc) is 2.70. The Morgan fingerprint density at radius 3 is 2.27 bits per heavy atom. The molecule has 0 bridgehead atoms. The Kier molecular flexibility index (Phi) is 5.78. The smallest absolute Gasteiger partial charge is 0.337 e. The molecule has 0 amide bonds. The van der Waals surface area contributed by atoms with Crippen molar-refractivity contribution in [2.75, 3.05) is 34.4 Å². The van der Waals surface area contributed by atoms with Crippen LogP contribution in [0.25, 0.3) is 0 Å². The van der Waals surface area contributed by atoms with E-state index in [0.717, 1.165) is 44.0 Å². The molecule has 26 heavy (non-hydrogen) atoms. The number of carbonyl (C=O) groups is 1. The van der Waals surface area contributed by atoms with Crippen LogP contribution in [0, 0.1) is 0 Å². The van der Waals surface area contributed by atoms with Gasteiger partial charge < -0.3 is 14.2 Å². The van der Waals surface area contributed by atoms with E-state index < -0.39 is 0 Å². The maximum atomic E-state index is 11.5. The minimum absolute atomic E-state index is 0.298. The summed E-state index contributed by atoms with van der Waals surface area (Å²) in [5, 5.41) is 0. The maximum absolute atomic E-state index is 11.5. The number of ether oxygens (including phenoxy) is 3. The second kappa shape index (κ2) is 8.23. The first-order valence-electron chi connectivity index (χ1n) is 8.78. The summed E-state index contributed by atoms with van der Waals surface area (Å²) >= 11 is 0. The number of fused-ring (bicyclic) bond motifs is 1. The van der Waals surface area contributed by atoms with Gasteiger partial charge in [-0.1, -0.05) is 12.1 Å². The van der Waals surface area contributed by atoms with Crippen molar-refractivity contribution in [3.05, 3.63) is 58.7 Å². The molecule has 3 rings (SSSR count). The van der Waals surface area contributed by atoms with E-state index in [1.54, 1.807) is 14.2 Å². The highest BCUT2D eigenvalue weighted by molar-refractivity contribution is 5.89. The molecule has 0 radical (unpaired) electrons. The van der Waals surface area contributed by atoms with Gasteiger partial charge in [0.2, 0.25) is 0 Å². The first-order chi connectivity index (χ1) is 12.6. The molecule has 0 saturated carbocycles. The molecule has 1 aliphatic heterocycles. The molecule has 2 aromatic rings. The van der Waals surface area contributed by atoms with Crippen LogP contribution in [0.3, 0.4) is 0 Å². The Bertz CT molecular complexity index is 770. The summed E-state index contributed by atoms with van der Waals surface area (Å²) < 4.78 is 15.6. The lowest BCUT2D eigenvalue weighted by Gasteiger charge is -2.29. The molecule has 2 aromatic carbocycles. The van der Waals surface area contributed by atoms with E-state index in [1.165, 1.54) is 23.8 Å². The van der Waals surface area contributed by atoms with E-state index in [4.69, 9.17) is 14.2 Å². The summed E-state index contributed by atoms with van der Waals surface area (Å²) in [4.78, 5) is 13.9. The predicted octanol–water partition coefficient (Wildman–Crippen LogP) is 3.09. The van der Waals surface area contributed by atoms with Gasteiger partial charge in [-0.2, -0.15) is 0 Å². The van der Waals surface area contributed by atoms with E-state index in [9.17, 15) is 4.79 Å². The Labute approximate surface area is 154 Å².